The molecule has 96 valence electrons. The second-order valence-corrected chi connectivity index (χ2v) is 4.02. The van der Waals surface area contributed by atoms with Crippen LogP contribution in [0.15, 0.2) is 24.4 Å². The highest BCUT2D eigenvalue weighted by Gasteiger charge is 2.49. The van der Waals surface area contributed by atoms with Crippen LogP contribution in [-0.2, 0) is 0 Å². The topological polar surface area (TPSA) is 32.9 Å². The maximum atomic E-state index is 13.0. The van der Waals surface area contributed by atoms with Crippen molar-refractivity contribution in [2.75, 3.05) is 0 Å². The van der Waals surface area contributed by atoms with Gasteiger partial charge in [0.15, 0.2) is 0 Å². The predicted molar refractivity (Wildman–Crippen MR) is 58.6 cm³/mol. The van der Waals surface area contributed by atoms with Crippen LogP contribution in [-0.4, -0.2) is 23.1 Å². The zero-order valence-electron chi connectivity index (χ0n) is 8.68. The number of carbonyl (C=O) groups is 1. The third-order valence-corrected chi connectivity index (χ3v) is 2.80. The molecule has 0 amide bonds. The third-order valence-electron chi connectivity index (χ3n) is 2.49. The molecule has 0 radical (unpaired) electrons. The van der Waals surface area contributed by atoms with Crippen LogP contribution < -0.4 is 0 Å². The number of ketones is 1. The molecule has 2 nitrogen and oxygen atoms in total. The quantitative estimate of drug-likeness (QED) is 0.671. The van der Waals surface area contributed by atoms with Gasteiger partial charge < -0.3 is 4.98 Å². The van der Waals surface area contributed by atoms with Crippen LogP contribution in [0.3, 0.4) is 0 Å². The molecule has 0 bridgehead atoms. The number of nitrogens with one attached hydrogen (secondary N) is 1. The number of hydrogen-bond donors (Lipinski definition) is 1. The summed E-state index contributed by atoms with van der Waals surface area (Å²) in [6.45, 7) is 0. The molecule has 0 aliphatic heterocycles. The lowest BCUT2D eigenvalue weighted by Gasteiger charge is -2.12. The van der Waals surface area contributed by atoms with Crippen molar-refractivity contribution < 1.29 is 22.4 Å². The number of carbonyl (C=O) groups excluding carboxylic acids is 1. The SMILES string of the molecule is O=C(c1c[nH]c2c(Cl)cccc12)C(F)(F)C(F)F. The van der Waals surface area contributed by atoms with Crippen LogP contribution >= 0.6 is 11.6 Å². The molecule has 1 heterocycles. The zero-order valence-corrected chi connectivity index (χ0v) is 9.44. The highest BCUT2D eigenvalue weighted by molar-refractivity contribution is 6.35. The second kappa shape index (κ2) is 4.28. The van der Waals surface area contributed by atoms with Gasteiger partial charge in [0.1, 0.15) is 0 Å². The molecule has 0 aliphatic rings. The van der Waals surface area contributed by atoms with Crippen molar-refractivity contribution in [2.45, 2.75) is 12.3 Å². The minimum absolute atomic E-state index is 0.0906. The molecule has 0 atom stereocenters. The number of para-hydroxylation sites is 1. The summed E-state index contributed by atoms with van der Waals surface area (Å²) in [5, 5.41) is 0.305. The smallest absolute Gasteiger partial charge is 0.359 e. The van der Waals surface area contributed by atoms with Crippen molar-refractivity contribution >= 4 is 28.3 Å². The predicted octanol–water partition coefficient (Wildman–Crippen LogP) is 3.90. The van der Waals surface area contributed by atoms with Crippen LogP contribution in [0.2, 0.25) is 5.02 Å². The fourth-order valence-corrected chi connectivity index (χ4v) is 1.81. The van der Waals surface area contributed by atoms with Gasteiger partial charge >= 0.3 is 12.3 Å². The van der Waals surface area contributed by atoms with Gasteiger partial charge in [-0.15, -0.1) is 0 Å². The van der Waals surface area contributed by atoms with Crippen molar-refractivity contribution in [1.82, 2.24) is 4.98 Å². The average Bonchev–Trinajstić information content (AvgIpc) is 2.73. The number of Topliss-reactive ketones (excluding diaryl/α,β-unsaturated/α-hetero) is 1. The Labute approximate surface area is 104 Å². The van der Waals surface area contributed by atoms with Gasteiger partial charge in [0, 0.05) is 17.1 Å². The highest BCUT2D eigenvalue weighted by Crippen LogP contribution is 2.32. The molecule has 1 N–H and O–H groups in total. The number of benzene rings is 1. The van der Waals surface area contributed by atoms with Gasteiger partial charge in [-0.3, -0.25) is 4.79 Å². The van der Waals surface area contributed by atoms with E-state index in [1.807, 2.05) is 0 Å². The van der Waals surface area contributed by atoms with E-state index >= 15 is 0 Å². The molecule has 0 fully saturated rings. The molecule has 0 spiro atoms. The van der Waals surface area contributed by atoms with Crippen molar-refractivity contribution in [3.05, 3.63) is 35.0 Å². The van der Waals surface area contributed by atoms with Crippen molar-refractivity contribution in [3.63, 3.8) is 0 Å². The summed E-state index contributed by atoms with van der Waals surface area (Å²) in [5.74, 6) is -6.64. The Bertz CT molecular complexity index is 608. The lowest BCUT2D eigenvalue weighted by atomic mass is 10.0. The maximum absolute atomic E-state index is 13.0. The molecule has 7 heteroatoms. The monoisotopic (exact) mass is 279 g/mol. The second-order valence-electron chi connectivity index (χ2n) is 3.62. The van der Waals surface area contributed by atoms with Crippen LogP contribution in [0.25, 0.3) is 10.9 Å². The summed E-state index contributed by atoms with van der Waals surface area (Å²) in [6, 6.07) is 4.28. The lowest BCUT2D eigenvalue weighted by molar-refractivity contribution is -0.0957. The van der Waals surface area contributed by atoms with Crippen molar-refractivity contribution in [3.8, 4) is 0 Å². The minimum atomic E-state index is -4.71. The highest BCUT2D eigenvalue weighted by atomic mass is 35.5. The molecule has 0 saturated carbocycles. The normalized spacial score (nSPS) is 12.3. The maximum Gasteiger partial charge on any atom is 0.368 e. The third kappa shape index (κ3) is 1.86. The number of halogens is 5. The van der Waals surface area contributed by atoms with Crippen molar-refractivity contribution in [2.24, 2.45) is 0 Å². The van der Waals surface area contributed by atoms with E-state index in [1.54, 1.807) is 0 Å². The summed E-state index contributed by atoms with van der Waals surface area (Å²) in [4.78, 5) is 13.9. The fourth-order valence-electron chi connectivity index (χ4n) is 1.58. The van der Waals surface area contributed by atoms with E-state index in [4.69, 9.17) is 11.6 Å². The number of aromatic amines is 1. The minimum Gasteiger partial charge on any atom is -0.359 e. The van der Waals surface area contributed by atoms with Crippen LogP contribution in [0.4, 0.5) is 17.6 Å². The number of aromatic nitrogens is 1. The summed E-state index contributed by atoms with van der Waals surface area (Å²) in [6.07, 6.45) is -3.09. The first kappa shape index (κ1) is 12.9. The first-order valence-corrected chi connectivity index (χ1v) is 5.20. The van der Waals surface area contributed by atoms with E-state index in [0.29, 0.717) is 0 Å². The molecule has 0 unspecified atom stereocenters. The Morgan fingerprint density at radius 3 is 2.61 bits per heavy atom. The number of fused-ring (bicyclic) bond motifs is 1. The van der Waals surface area contributed by atoms with E-state index < -0.39 is 23.7 Å². The van der Waals surface area contributed by atoms with E-state index in [-0.39, 0.29) is 15.9 Å². The average molecular weight is 280 g/mol. The Kier molecular flexibility index (Phi) is 3.06. The Morgan fingerprint density at radius 1 is 1.33 bits per heavy atom. The Morgan fingerprint density at radius 2 is 2.00 bits per heavy atom. The molecule has 2 rings (SSSR count). The number of hydrogen-bond acceptors (Lipinski definition) is 1. The molecule has 2 aromatic rings. The standard InChI is InChI=1S/C11H6ClF4NO/c12-7-3-1-2-5-6(4-17-8(5)7)9(18)11(15,16)10(13)14/h1-4,10,17H. The van der Waals surface area contributed by atoms with Gasteiger partial charge in [0.05, 0.1) is 10.5 Å². The largest absolute Gasteiger partial charge is 0.368 e. The number of H-pyrrole nitrogens is 1. The lowest BCUT2D eigenvalue weighted by Crippen LogP contribution is -2.36. The molecule has 1 aromatic heterocycles. The summed E-state index contributed by atoms with van der Waals surface area (Å²) >= 11 is 5.77. The fraction of sp³-hybridized carbons (Fsp3) is 0.182. The molecule has 0 saturated heterocycles. The van der Waals surface area contributed by atoms with E-state index in [1.165, 1.54) is 18.2 Å². The summed E-state index contributed by atoms with van der Waals surface area (Å²) < 4.78 is 50.2. The number of alkyl halides is 4. The summed E-state index contributed by atoms with van der Waals surface area (Å²) in [5.41, 5.74) is -0.245. The molecule has 1 aromatic carbocycles. The van der Waals surface area contributed by atoms with Crippen molar-refractivity contribution in [1.29, 1.82) is 0 Å². The van der Waals surface area contributed by atoms with Crippen LogP contribution in [0, 0.1) is 0 Å². The van der Waals surface area contributed by atoms with Gasteiger partial charge in [-0.05, 0) is 6.07 Å². The Balaban J connectivity index is 2.56. The van der Waals surface area contributed by atoms with Gasteiger partial charge in [-0.1, -0.05) is 23.7 Å². The first-order valence-electron chi connectivity index (χ1n) is 4.82. The van der Waals surface area contributed by atoms with E-state index in [2.05, 4.69) is 4.98 Å². The molecular weight excluding hydrogens is 274 g/mol. The van der Waals surface area contributed by atoms with Crippen LogP contribution in [0.5, 0.6) is 0 Å². The molecular formula is C11H6ClF4NO. The van der Waals surface area contributed by atoms with Gasteiger partial charge in [0.2, 0.25) is 5.78 Å². The van der Waals surface area contributed by atoms with Crippen LogP contribution in [0.1, 0.15) is 10.4 Å². The van der Waals surface area contributed by atoms with E-state index in [9.17, 15) is 22.4 Å². The van der Waals surface area contributed by atoms with E-state index in [0.717, 1.165) is 6.20 Å². The zero-order chi connectivity index (χ0) is 13.5. The molecule has 18 heavy (non-hydrogen) atoms. The van der Waals surface area contributed by atoms with Gasteiger partial charge in [0.25, 0.3) is 0 Å². The van der Waals surface area contributed by atoms with Gasteiger partial charge in [-0.25, -0.2) is 8.78 Å². The Hall–Kier alpha value is -1.56. The summed E-state index contributed by atoms with van der Waals surface area (Å²) in [7, 11) is 0. The molecule has 0 aliphatic carbocycles. The number of rotatable bonds is 3. The first-order chi connectivity index (χ1) is 8.35. The van der Waals surface area contributed by atoms with Gasteiger partial charge in [-0.2, -0.15) is 8.78 Å².